The number of aromatic amines is 1. The van der Waals surface area contributed by atoms with E-state index in [0.29, 0.717) is 11.1 Å². The fourth-order valence-corrected chi connectivity index (χ4v) is 2.99. The maximum Gasteiger partial charge on any atom is 0.240 e. The van der Waals surface area contributed by atoms with E-state index in [1.165, 1.54) is 5.56 Å². The van der Waals surface area contributed by atoms with Gasteiger partial charge in [-0.25, -0.2) is 10.5 Å². The summed E-state index contributed by atoms with van der Waals surface area (Å²) >= 11 is 5.00. The Morgan fingerprint density at radius 3 is 2.67 bits per heavy atom. The van der Waals surface area contributed by atoms with E-state index in [0.717, 1.165) is 21.5 Å². The Hall–Kier alpha value is -2.12. The fraction of sp³-hybridized carbons (Fsp3) is 0.118. The minimum Gasteiger partial charge on any atom is -0.245 e. The van der Waals surface area contributed by atoms with Crippen molar-refractivity contribution >= 4 is 39.4 Å². The molecular weight excluding hydrogens is 386 g/mol. The second-order valence-corrected chi connectivity index (χ2v) is 6.91. The van der Waals surface area contributed by atoms with Gasteiger partial charge in [0.1, 0.15) is 0 Å². The highest BCUT2D eigenvalue weighted by molar-refractivity contribution is 9.10. The van der Waals surface area contributed by atoms with Crippen molar-refractivity contribution in [3.63, 3.8) is 0 Å². The Bertz CT molecular complexity index is 815. The minimum absolute atomic E-state index is 0.530. The fourth-order valence-electron chi connectivity index (χ4n) is 1.98. The largest absolute Gasteiger partial charge is 0.245 e. The third-order valence-electron chi connectivity index (χ3n) is 3.27. The minimum atomic E-state index is 0.530. The summed E-state index contributed by atoms with van der Waals surface area (Å²) in [5, 5.41) is 12.1. The van der Waals surface area contributed by atoms with E-state index >= 15 is 0 Å². The van der Waals surface area contributed by atoms with Crippen LogP contribution >= 0.6 is 27.7 Å². The first-order chi connectivity index (χ1) is 11.7. The maximum absolute atomic E-state index is 4.38. The highest BCUT2D eigenvalue weighted by Crippen LogP contribution is 2.19. The molecule has 7 heteroatoms. The molecule has 24 heavy (non-hydrogen) atoms. The van der Waals surface area contributed by atoms with Gasteiger partial charge in [-0.05, 0) is 30.2 Å². The number of halogens is 1. The predicted octanol–water partition coefficient (Wildman–Crippen LogP) is 4.70. The Labute approximate surface area is 153 Å². The summed E-state index contributed by atoms with van der Waals surface area (Å²) in [6.45, 7) is 1.94. The van der Waals surface area contributed by atoms with Crippen molar-refractivity contribution in [2.24, 2.45) is 5.10 Å². The summed E-state index contributed by atoms with van der Waals surface area (Å²) in [4.78, 5) is 4.38. The summed E-state index contributed by atoms with van der Waals surface area (Å²) < 4.78 is 1.04. The SMILES string of the molecule is C/C(=N\Nc1nc(SCc2ccccc2)n[nH]1)c1ccc(Br)cc1. The number of hydrogen-bond donors (Lipinski definition) is 2. The summed E-state index contributed by atoms with van der Waals surface area (Å²) in [6, 6.07) is 18.2. The molecule has 0 atom stereocenters. The molecule has 0 amide bonds. The molecule has 0 aliphatic rings. The molecular formula is C17H16BrN5S. The highest BCUT2D eigenvalue weighted by Gasteiger charge is 2.04. The molecule has 0 radical (unpaired) electrons. The molecule has 3 aromatic rings. The monoisotopic (exact) mass is 401 g/mol. The smallest absolute Gasteiger partial charge is 0.240 e. The number of thioether (sulfide) groups is 1. The van der Waals surface area contributed by atoms with Crippen LogP contribution in [0.5, 0.6) is 0 Å². The van der Waals surface area contributed by atoms with Gasteiger partial charge in [-0.15, -0.1) is 5.10 Å². The quantitative estimate of drug-likeness (QED) is 0.357. The zero-order chi connectivity index (χ0) is 16.8. The van der Waals surface area contributed by atoms with E-state index in [2.05, 4.69) is 53.8 Å². The summed E-state index contributed by atoms with van der Waals surface area (Å²) in [5.74, 6) is 1.36. The van der Waals surface area contributed by atoms with E-state index in [1.807, 2.05) is 49.4 Å². The van der Waals surface area contributed by atoms with Crippen LogP contribution in [-0.4, -0.2) is 20.9 Å². The summed E-state index contributed by atoms with van der Waals surface area (Å²) in [7, 11) is 0. The topological polar surface area (TPSA) is 66.0 Å². The second kappa shape index (κ2) is 8.12. The van der Waals surface area contributed by atoms with Crippen LogP contribution in [0.4, 0.5) is 5.95 Å². The van der Waals surface area contributed by atoms with E-state index < -0.39 is 0 Å². The van der Waals surface area contributed by atoms with Gasteiger partial charge >= 0.3 is 0 Å². The third kappa shape index (κ3) is 4.69. The van der Waals surface area contributed by atoms with Crippen LogP contribution in [-0.2, 0) is 5.75 Å². The number of H-pyrrole nitrogens is 1. The number of rotatable bonds is 6. The number of anilines is 1. The molecule has 0 saturated heterocycles. The Morgan fingerprint density at radius 2 is 1.92 bits per heavy atom. The van der Waals surface area contributed by atoms with Gasteiger partial charge in [0, 0.05) is 10.2 Å². The molecule has 2 aromatic carbocycles. The number of nitrogens with one attached hydrogen (secondary N) is 2. The molecule has 0 aliphatic carbocycles. The van der Waals surface area contributed by atoms with Gasteiger partial charge in [0.05, 0.1) is 5.71 Å². The molecule has 0 aliphatic heterocycles. The normalized spacial score (nSPS) is 11.5. The van der Waals surface area contributed by atoms with Gasteiger partial charge in [0.15, 0.2) is 0 Å². The summed E-state index contributed by atoms with van der Waals surface area (Å²) in [6.07, 6.45) is 0. The average molecular weight is 402 g/mol. The van der Waals surface area contributed by atoms with Gasteiger partial charge in [-0.2, -0.15) is 10.1 Å². The lowest BCUT2D eigenvalue weighted by Crippen LogP contribution is -2.00. The number of hydrazone groups is 1. The molecule has 0 unspecified atom stereocenters. The molecule has 3 rings (SSSR count). The molecule has 0 spiro atoms. The zero-order valence-corrected chi connectivity index (χ0v) is 15.4. The van der Waals surface area contributed by atoms with Crippen LogP contribution in [0.15, 0.2) is 69.3 Å². The van der Waals surface area contributed by atoms with Crippen LogP contribution < -0.4 is 5.43 Å². The Kier molecular flexibility index (Phi) is 5.66. The van der Waals surface area contributed by atoms with Crippen molar-refractivity contribution in [1.82, 2.24) is 15.2 Å². The standard InChI is InChI=1S/C17H16BrN5S/c1-12(14-7-9-15(18)10-8-14)20-21-16-19-17(23-22-16)24-11-13-5-3-2-4-6-13/h2-10H,11H2,1H3,(H2,19,21,22,23)/b20-12+. The first-order valence-electron chi connectivity index (χ1n) is 7.36. The number of hydrogen-bond acceptors (Lipinski definition) is 5. The first-order valence-corrected chi connectivity index (χ1v) is 9.14. The van der Waals surface area contributed by atoms with Crippen LogP contribution in [0.2, 0.25) is 0 Å². The van der Waals surface area contributed by atoms with Crippen molar-refractivity contribution in [2.75, 3.05) is 5.43 Å². The van der Waals surface area contributed by atoms with E-state index in [9.17, 15) is 0 Å². The van der Waals surface area contributed by atoms with Crippen LogP contribution in [0, 0.1) is 0 Å². The van der Waals surface area contributed by atoms with Crippen molar-refractivity contribution in [3.05, 3.63) is 70.2 Å². The van der Waals surface area contributed by atoms with Gasteiger partial charge in [0.2, 0.25) is 11.1 Å². The Morgan fingerprint density at radius 1 is 1.17 bits per heavy atom. The lowest BCUT2D eigenvalue weighted by atomic mass is 10.1. The lowest BCUT2D eigenvalue weighted by Gasteiger charge is -2.01. The van der Waals surface area contributed by atoms with Crippen molar-refractivity contribution in [2.45, 2.75) is 17.8 Å². The molecule has 1 aromatic heterocycles. The van der Waals surface area contributed by atoms with Gasteiger partial charge < -0.3 is 0 Å². The van der Waals surface area contributed by atoms with Crippen molar-refractivity contribution < 1.29 is 0 Å². The zero-order valence-electron chi connectivity index (χ0n) is 13.0. The van der Waals surface area contributed by atoms with E-state index in [1.54, 1.807) is 11.8 Å². The average Bonchev–Trinajstić information content (AvgIpc) is 3.07. The lowest BCUT2D eigenvalue weighted by molar-refractivity contribution is 0.972. The van der Waals surface area contributed by atoms with E-state index in [-0.39, 0.29) is 0 Å². The molecule has 0 bridgehead atoms. The van der Waals surface area contributed by atoms with E-state index in [4.69, 9.17) is 0 Å². The number of benzene rings is 2. The van der Waals surface area contributed by atoms with Gasteiger partial charge in [-0.1, -0.05) is 70.2 Å². The van der Waals surface area contributed by atoms with Crippen molar-refractivity contribution in [1.29, 1.82) is 0 Å². The number of nitrogens with zero attached hydrogens (tertiary/aromatic N) is 3. The number of aromatic nitrogens is 3. The van der Waals surface area contributed by atoms with Crippen LogP contribution in [0.25, 0.3) is 0 Å². The van der Waals surface area contributed by atoms with Gasteiger partial charge in [0.25, 0.3) is 0 Å². The second-order valence-electron chi connectivity index (χ2n) is 5.06. The molecule has 0 fully saturated rings. The Balaban J connectivity index is 1.57. The molecule has 1 heterocycles. The van der Waals surface area contributed by atoms with Gasteiger partial charge in [-0.3, -0.25) is 0 Å². The van der Waals surface area contributed by atoms with Crippen molar-refractivity contribution in [3.8, 4) is 0 Å². The molecule has 2 N–H and O–H groups in total. The predicted molar refractivity (Wildman–Crippen MR) is 102 cm³/mol. The van der Waals surface area contributed by atoms with Crippen LogP contribution in [0.1, 0.15) is 18.1 Å². The molecule has 122 valence electrons. The maximum atomic E-state index is 4.38. The van der Waals surface area contributed by atoms with Crippen LogP contribution in [0.3, 0.4) is 0 Å². The first kappa shape index (κ1) is 16.7. The summed E-state index contributed by atoms with van der Waals surface area (Å²) in [5.41, 5.74) is 6.07. The highest BCUT2D eigenvalue weighted by atomic mass is 79.9. The third-order valence-corrected chi connectivity index (χ3v) is 4.71. The molecule has 5 nitrogen and oxygen atoms in total. The molecule has 0 saturated carbocycles.